The molecule has 0 bridgehead atoms. The minimum atomic E-state index is 0.540. The van der Waals surface area contributed by atoms with Gasteiger partial charge in [-0.1, -0.05) is 53.5 Å². The molecule has 1 aliphatic heterocycles. The number of piperazine rings is 1. The fraction of sp³-hybridized carbons (Fsp3) is 0.200. The van der Waals surface area contributed by atoms with Gasteiger partial charge >= 0.3 is 0 Å². The highest BCUT2D eigenvalue weighted by Gasteiger charge is 2.22. The number of benzene rings is 2. The van der Waals surface area contributed by atoms with Gasteiger partial charge in [-0.25, -0.2) is 4.98 Å². The van der Waals surface area contributed by atoms with Crippen molar-refractivity contribution in [3.8, 4) is 6.07 Å². The first-order valence-corrected chi connectivity index (χ1v) is 11.4. The molecule has 3 heterocycles. The van der Waals surface area contributed by atoms with E-state index in [2.05, 4.69) is 43.2 Å². The van der Waals surface area contributed by atoms with Gasteiger partial charge in [0.2, 0.25) is 0 Å². The van der Waals surface area contributed by atoms with Crippen molar-refractivity contribution >= 4 is 45.6 Å². The SMILES string of the molecule is N#Cc1ccc(N2CCN(c3nnc(Cc4ccc(Cl)c(Cl)c4)c4ccccc34)CC2)nc1. The third kappa shape index (κ3) is 4.43. The summed E-state index contributed by atoms with van der Waals surface area (Å²) >= 11 is 12.3. The first-order chi connectivity index (χ1) is 16.1. The average Bonchev–Trinajstić information content (AvgIpc) is 2.87. The Kier molecular flexibility index (Phi) is 5.99. The van der Waals surface area contributed by atoms with Crippen LogP contribution >= 0.6 is 23.2 Å². The molecule has 0 radical (unpaired) electrons. The van der Waals surface area contributed by atoms with Crippen LogP contribution in [0.15, 0.2) is 60.8 Å². The van der Waals surface area contributed by atoms with Crippen molar-refractivity contribution < 1.29 is 0 Å². The molecule has 0 amide bonds. The van der Waals surface area contributed by atoms with E-state index < -0.39 is 0 Å². The van der Waals surface area contributed by atoms with E-state index in [4.69, 9.17) is 28.5 Å². The van der Waals surface area contributed by atoms with E-state index >= 15 is 0 Å². The fourth-order valence-corrected chi connectivity index (χ4v) is 4.46. The fourth-order valence-electron chi connectivity index (χ4n) is 4.14. The molecule has 4 aromatic rings. The zero-order chi connectivity index (χ0) is 22.8. The van der Waals surface area contributed by atoms with Crippen molar-refractivity contribution in [1.82, 2.24) is 15.2 Å². The summed E-state index contributed by atoms with van der Waals surface area (Å²) in [6.07, 6.45) is 2.25. The van der Waals surface area contributed by atoms with E-state index in [9.17, 15) is 0 Å². The molecule has 8 heteroatoms. The molecule has 164 valence electrons. The highest BCUT2D eigenvalue weighted by Crippen LogP contribution is 2.29. The molecule has 6 nitrogen and oxygen atoms in total. The lowest BCUT2D eigenvalue weighted by atomic mass is 10.0. The molecule has 0 N–H and O–H groups in total. The molecule has 1 aliphatic rings. The van der Waals surface area contributed by atoms with Gasteiger partial charge in [0.05, 0.1) is 21.3 Å². The summed E-state index contributed by atoms with van der Waals surface area (Å²) in [6.45, 7) is 3.26. The summed E-state index contributed by atoms with van der Waals surface area (Å²) in [5.74, 6) is 1.79. The van der Waals surface area contributed by atoms with Crippen LogP contribution in [0.4, 0.5) is 11.6 Å². The summed E-state index contributed by atoms with van der Waals surface area (Å²) in [7, 11) is 0. The van der Waals surface area contributed by atoms with E-state index in [-0.39, 0.29) is 0 Å². The molecule has 0 aliphatic carbocycles. The van der Waals surface area contributed by atoms with Crippen LogP contribution in [-0.2, 0) is 6.42 Å². The summed E-state index contributed by atoms with van der Waals surface area (Å²) in [6, 6.07) is 19.7. The Balaban J connectivity index is 1.37. The number of nitrogens with zero attached hydrogens (tertiary/aromatic N) is 6. The quantitative estimate of drug-likeness (QED) is 0.408. The zero-order valence-electron chi connectivity index (χ0n) is 17.7. The minimum absolute atomic E-state index is 0.540. The first kappa shape index (κ1) is 21.4. The zero-order valence-corrected chi connectivity index (χ0v) is 19.3. The Morgan fingerprint density at radius 3 is 2.30 bits per heavy atom. The predicted molar refractivity (Wildman–Crippen MR) is 132 cm³/mol. The maximum atomic E-state index is 8.98. The van der Waals surface area contributed by atoms with E-state index in [0.29, 0.717) is 22.0 Å². The smallest absolute Gasteiger partial charge is 0.159 e. The van der Waals surface area contributed by atoms with Gasteiger partial charge in [-0.2, -0.15) is 10.4 Å². The van der Waals surface area contributed by atoms with E-state index in [1.54, 1.807) is 12.3 Å². The van der Waals surface area contributed by atoms with Crippen LogP contribution in [0.2, 0.25) is 10.0 Å². The van der Waals surface area contributed by atoms with Gasteiger partial charge in [0.15, 0.2) is 5.82 Å². The van der Waals surface area contributed by atoms with Crippen molar-refractivity contribution in [1.29, 1.82) is 5.26 Å². The third-order valence-corrected chi connectivity index (χ3v) is 6.62. The van der Waals surface area contributed by atoms with Gasteiger partial charge in [-0.3, -0.25) is 0 Å². The van der Waals surface area contributed by atoms with Crippen molar-refractivity contribution in [2.45, 2.75) is 6.42 Å². The normalized spacial score (nSPS) is 13.8. The van der Waals surface area contributed by atoms with Crippen LogP contribution < -0.4 is 9.80 Å². The minimum Gasteiger partial charge on any atom is -0.353 e. The number of nitriles is 1. The van der Waals surface area contributed by atoms with Crippen molar-refractivity contribution in [2.75, 3.05) is 36.0 Å². The number of anilines is 2. The summed E-state index contributed by atoms with van der Waals surface area (Å²) in [5.41, 5.74) is 2.52. The van der Waals surface area contributed by atoms with Gasteiger partial charge in [-0.15, -0.1) is 5.10 Å². The molecule has 0 saturated carbocycles. The largest absolute Gasteiger partial charge is 0.353 e. The lowest BCUT2D eigenvalue weighted by Crippen LogP contribution is -2.47. The standard InChI is InChI=1S/C25H20Cl2N6/c26-21-7-5-17(13-22(21)27)14-23-19-3-1-2-4-20(19)25(31-30-23)33-11-9-32(10-12-33)24-8-6-18(15-28)16-29-24/h1-8,13,16H,9-12,14H2. The Hall–Kier alpha value is -3.40. The molecule has 1 fully saturated rings. The molecular formula is C25H20Cl2N6. The van der Waals surface area contributed by atoms with E-state index in [1.165, 1.54) is 0 Å². The second kappa shape index (κ2) is 9.22. The predicted octanol–water partition coefficient (Wildman–Crippen LogP) is 5.12. The summed E-state index contributed by atoms with van der Waals surface area (Å²) in [4.78, 5) is 8.93. The Bertz CT molecular complexity index is 1340. The van der Waals surface area contributed by atoms with Gasteiger partial charge in [0.1, 0.15) is 11.9 Å². The number of fused-ring (bicyclic) bond motifs is 1. The average molecular weight is 475 g/mol. The van der Waals surface area contributed by atoms with E-state index in [1.807, 2.05) is 36.4 Å². The monoisotopic (exact) mass is 474 g/mol. The maximum absolute atomic E-state index is 8.98. The summed E-state index contributed by atoms with van der Waals surface area (Å²) < 4.78 is 0. The Labute approximate surface area is 202 Å². The maximum Gasteiger partial charge on any atom is 0.159 e. The van der Waals surface area contributed by atoms with Gasteiger partial charge in [-0.05, 0) is 29.8 Å². The van der Waals surface area contributed by atoms with Crippen LogP contribution in [0, 0.1) is 11.3 Å². The van der Waals surface area contributed by atoms with Crippen molar-refractivity contribution in [2.24, 2.45) is 0 Å². The number of hydrogen-bond acceptors (Lipinski definition) is 6. The number of hydrogen-bond donors (Lipinski definition) is 0. The summed E-state index contributed by atoms with van der Waals surface area (Å²) in [5, 5.41) is 21.5. The van der Waals surface area contributed by atoms with Gasteiger partial charge in [0, 0.05) is 49.6 Å². The molecule has 1 saturated heterocycles. The van der Waals surface area contributed by atoms with Crippen LogP contribution in [0.5, 0.6) is 0 Å². The van der Waals surface area contributed by atoms with Crippen LogP contribution in [0.1, 0.15) is 16.8 Å². The second-order valence-electron chi connectivity index (χ2n) is 7.93. The molecular weight excluding hydrogens is 455 g/mol. The molecule has 2 aromatic heterocycles. The van der Waals surface area contributed by atoms with Crippen LogP contribution in [-0.4, -0.2) is 41.4 Å². The van der Waals surface area contributed by atoms with Crippen LogP contribution in [0.25, 0.3) is 10.8 Å². The van der Waals surface area contributed by atoms with Crippen LogP contribution in [0.3, 0.4) is 0 Å². The Morgan fingerprint density at radius 2 is 1.61 bits per heavy atom. The molecule has 0 atom stereocenters. The molecule has 0 unspecified atom stereocenters. The van der Waals surface area contributed by atoms with Gasteiger partial charge in [0.25, 0.3) is 0 Å². The van der Waals surface area contributed by atoms with E-state index in [0.717, 1.165) is 59.8 Å². The molecule has 33 heavy (non-hydrogen) atoms. The number of halogens is 2. The number of rotatable bonds is 4. The van der Waals surface area contributed by atoms with Gasteiger partial charge < -0.3 is 9.80 Å². The highest BCUT2D eigenvalue weighted by atomic mass is 35.5. The molecule has 0 spiro atoms. The second-order valence-corrected chi connectivity index (χ2v) is 8.75. The van der Waals surface area contributed by atoms with Crippen molar-refractivity contribution in [3.63, 3.8) is 0 Å². The number of aromatic nitrogens is 3. The third-order valence-electron chi connectivity index (χ3n) is 5.88. The topological polar surface area (TPSA) is 68.9 Å². The number of pyridine rings is 1. The highest BCUT2D eigenvalue weighted by molar-refractivity contribution is 6.42. The lowest BCUT2D eigenvalue weighted by Gasteiger charge is -2.36. The lowest BCUT2D eigenvalue weighted by molar-refractivity contribution is 0.639. The Morgan fingerprint density at radius 1 is 0.848 bits per heavy atom. The molecule has 5 rings (SSSR count). The van der Waals surface area contributed by atoms with Crippen molar-refractivity contribution in [3.05, 3.63) is 87.7 Å². The first-order valence-electron chi connectivity index (χ1n) is 10.7. The molecule has 2 aromatic carbocycles.